The van der Waals surface area contributed by atoms with Crippen LogP contribution in [0, 0.1) is 12.8 Å². The maximum absolute atomic E-state index is 4.76. The Balaban J connectivity index is 2.41. The van der Waals surface area contributed by atoms with E-state index in [0.29, 0.717) is 5.92 Å². The molecule has 0 fully saturated rings. The van der Waals surface area contributed by atoms with Crippen molar-refractivity contribution < 1.29 is 0 Å². The molecule has 1 aromatic heterocycles. The number of hydrogen-bond acceptors (Lipinski definition) is 3. The summed E-state index contributed by atoms with van der Waals surface area (Å²) in [7, 11) is 0. The van der Waals surface area contributed by atoms with Crippen LogP contribution >= 0.6 is 0 Å². The number of nitrogens with one attached hydrogen (secondary N) is 1. The van der Waals surface area contributed by atoms with Gasteiger partial charge in [0.05, 0.1) is 0 Å². The summed E-state index contributed by atoms with van der Waals surface area (Å²) >= 11 is 0. The predicted molar refractivity (Wildman–Crippen MR) is 89.5 cm³/mol. The highest BCUT2D eigenvalue weighted by atomic mass is 15.0. The zero-order chi connectivity index (χ0) is 15.2. The van der Waals surface area contributed by atoms with Gasteiger partial charge in [-0.05, 0) is 31.2 Å². The minimum Gasteiger partial charge on any atom is -0.370 e. The first-order valence-corrected chi connectivity index (χ1v) is 7.78. The first-order valence-electron chi connectivity index (χ1n) is 7.78. The number of nitrogens with zero attached hydrogens (tertiary/aromatic N) is 2. The fraction of sp³-hybridized carbons (Fsp3) is 0.444. The summed E-state index contributed by atoms with van der Waals surface area (Å²) in [5.74, 6) is 2.34. The summed E-state index contributed by atoms with van der Waals surface area (Å²) in [6.45, 7) is 9.63. The Kier molecular flexibility index (Phi) is 5.32. The molecule has 0 radical (unpaired) electrons. The fourth-order valence-electron chi connectivity index (χ4n) is 2.31. The molecular formula is C18H25N3. The standard InChI is InChI=1S/C18H25N3/c1-5-10-19-17-12-15(11-13(2)3)20-18(21-17)16-9-7-6-8-14(16)4/h6-9,12-13H,5,10-11H2,1-4H3,(H,19,20,21). The molecule has 0 saturated carbocycles. The van der Waals surface area contributed by atoms with Crippen molar-refractivity contribution in [3.05, 3.63) is 41.6 Å². The lowest BCUT2D eigenvalue weighted by Gasteiger charge is -2.12. The van der Waals surface area contributed by atoms with Gasteiger partial charge in [-0.25, -0.2) is 9.97 Å². The molecule has 0 bridgehead atoms. The third-order valence-corrected chi connectivity index (χ3v) is 3.34. The molecule has 0 amide bonds. The van der Waals surface area contributed by atoms with Gasteiger partial charge in [-0.1, -0.05) is 45.0 Å². The van der Waals surface area contributed by atoms with E-state index in [0.717, 1.165) is 42.3 Å². The van der Waals surface area contributed by atoms with Gasteiger partial charge in [0.2, 0.25) is 0 Å². The minimum atomic E-state index is 0.587. The molecule has 1 heterocycles. The molecule has 0 unspecified atom stereocenters. The number of aromatic nitrogens is 2. The lowest BCUT2D eigenvalue weighted by atomic mass is 10.1. The van der Waals surface area contributed by atoms with Crippen LogP contribution in [0.2, 0.25) is 0 Å². The van der Waals surface area contributed by atoms with Gasteiger partial charge in [-0.15, -0.1) is 0 Å². The van der Waals surface area contributed by atoms with Crippen molar-refractivity contribution in [1.29, 1.82) is 0 Å². The van der Waals surface area contributed by atoms with Crippen LogP contribution in [0.3, 0.4) is 0 Å². The Morgan fingerprint density at radius 1 is 1.14 bits per heavy atom. The van der Waals surface area contributed by atoms with Crippen molar-refractivity contribution >= 4 is 5.82 Å². The van der Waals surface area contributed by atoms with Crippen molar-refractivity contribution in [1.82, 2.24) is 9.97 Å². The van der Waals surface area contributed by atoms with Gasteiger partial charge in [-0.2, -0.15) is 0 Å². The van der Waals surface area contributed by atoms with Crippen LogP contribution < -0.4 is 5.32 Å². The van der Waals surface area contributed by atoms with Crippen LogP contribution in [0.25, 0.3) is 11.4 Å². The first kappa shape index (κ1) is 15.5. The molecule has 0 atom stereocenters. The van der Waals surface area contributed by atoms with Gasteiger partial charge in [0, 0.05) is 23.9 Å². The molecule has 3 nitrogen and oxygen atoms in total. The van der Waals surface area contributed by atoms with Crippen molar-refractivity contribution in [2.45, 2.75) is 40.5 Å². The number of anilines is 1. The van der Waals surface area contributed by atoms with Crippen LogP contribution in [0.1, 0.15) is 38.4 Å². The lowest BCUT2D eigenvalue weighted by molar-refractivity contribution is 0.635. The van der Waals surface area contributed by atoms with Crippen LogP contribution in [0.15, 0.2) is 30.3 Å². The quantitative estimate of drug-likeness (QED) is 0.849. The van der Waals surface area contributed by atoms with E-state index in [9.17, 15) is 0 Å². The molecule has 3 heteroatoms. The van der Waals surface area contributed by atoms with Gasteiger partial charge in [0.15, 0.2) is 5.82 Å². The van der Waals surface area contributed by atoms with Crippen LogP contribution in [-0.2, 0) is 6.42 Å². The summed E-state index contributed by atoms with van der Waals surface area (Å²) < 4.78 is 0. The van der Waals surface area contributed by atoms with Crippen molar-refractivity contribution in [3.8, 4) is 11.4 Å². The van der Waals surface area contributed by atoms with Crippen LogP contribution in [0.5, 0.6) is 0 Å². The molecule has 2 aromatic rings. The summed E-state index contributed by atoms with van der Waals surface area (Å²) in [5, 5.41) is 3.39. The second-order valence-electron chi connectivity index (χ2n) is 5.91. The first-order chi connectivity index (χ1) is 10.1. The number of benzene rings is 1. The summed E-state index contributed by atoms with van der Waals surface area (Å²) in [5.41, 5.74) is 3.43. The highest BCUT2D eigenvalue weighted by Crippen LogP contribution is 2.22. The predicted octanol–water partition coefficient (Wildman–Crippen LogP) is 4.47. The Morgan fingerprint density at radius 3 is 2.57 bits per heavy atom. The number of aryl methyl sites for hydroxylation is 1. The molecule has 0 spiro atoms. The van der Waals surface area contributed by atoms with Crippen molar-refractivity contribution in [2.24, 2.45) is 5.92 Å². The van der Waals surface area contributed by atoms with Crippen molar-refractivity contribution in [2.75, 3.05) is 11.9 Å². The minimum absolute atomic E-state index is 0.587. The molecule has 1 N–H and O–H groups in total. The lowest BCUT2D eigenvalue weighted by Crippen LogP contribution is -2.07. The molecule has 112 valence electrons. The monoisotopic (exact) mass is 283 g/mol. The zero-order valence-corrected chi connectivity index (χ0v) is 13.5. The van der Waals surface area contributed by atoms with Crippen LogP contribution in [-0.4, -0.2) is 16.5 Å². The van der Waals surface area contributed by atoms with E-state index in [1.807, 2.05) is 12.1 Å². The van der Waals surface area contributed by atoms with Gasteiger partial charge in [0.1, 0.15) is 5.82 Å². The number of rotatable bonds is 6. The van der Waals surface area contributed by atoms with E-state index in [2.05, 4.69) is 56.2 Å². The number of hydrogen-bond donors (Lipinski definition) is 1. The fourth-order valence-corrected chi connectivity index (χ4v) is 2.31. The molecular weight excluding hydrogens is 258 g/mol. The summed E-state index contributed by atoms with van der Waals surface area (Å²) in [4.78, 5) is 9.45. The van der Waals surface area contributed by atoms with E-state index in [1.165, 1.54) is 5.56 Å². The summed E-state index contributed by atoms with van der Waals surface area (Å²) in [6, 6.07) is 10.4. The topological polar surface area (TPSA) is 37.8 Å². The van der Waals surface area contributed by atoms with E-state index >= 15 is 0 Å². The maximum atomic E-state index is 4.76. The smallest absolute Gasteiger partial charge is 0.162 e. The molecule has 2 rings (SSSR count). The average Bonchev–Trinajstić information content (AvgIpc) is 2.44. The molecule has 0 aliphatic rings. The van der Waals surface area contributed by atoms with E-state index in [-0.39, 0.29) is 0 Å². The Labute approximate surface area is 127 Å². The van der Waals surface area contributed by atoms with E-state index < -0.39 is 0 Å². The third kappa shape index (κ3) is 4.28. The maximum Gasteiger partial charge on any atom is 0.162 e. The molecule has 0 aliphatic heterocycles. The normalized spacial score (nSPS) is 10.9. The largest absolute Gasteiger partial charge is 0.370 e. The molecule has 0 aliphatic carbocycles. The zero-order valence-electron chi connectivity index (χ0n) is 13.5. The second kappa shape index (κ2) is 7.21. The van der Waals surface area contributed by atoms with Gasteiger partial charge in [-0.3, -0.25) is 0 Å². The Hall–Kier alpha value is -1.90. The highest BCUT2D eigenvalue weighted by Gasteiger charge is 2.09. The van der Waals surface area contributed by atoms with Crippen LogP contribution in [0.4, 0.5) is 5.82 Å². The van der Waals surface area contributed by atoms with E-state index in [4.69, 9.17) is 4.98 Å². The Bertz CT molecular complexity index is 591. The van der Waals surface area contributed by atoms with Gasteiger partial charge < -0.3 is 5.32 Å². The third-order valence-electron chi connectivity index (χ3n) is 3.34. The van der Waals surface area contributed by atoms with Crippen molar-refractivity contribution in [3.63, 3.8) is 0 Å². The molecule has 0 saturated heterocycles. The average molecular weight is 283 g/mol. The molecule has 1 aromatic carbocycles. The summed E-state index contributed by atoms with van der Waals surface area (Å²) in [6.07, 6.45) is 2.06. The second-order valence-corrected chi connectivity index (χ2v) is 5.91. The van der Waals surface area contributed by atoms with Gasteiger partial charge >= 0.3 is 0 Å². The van der Waals surface area contributed by atoms with E-state index in [1.54, 1.807) is 0 Å². The SMILES string of the molecule is CCCNc1cc(CC(C)C)nc(-c2ccccc2C)n1. The Morgan fingerprint density at radius 2 is 1.90 bits per heavy atom. The molecule has 21 heavy (non-hydrogen) atoms. The van der Waals surface area contributed by atoms with Gasteiger partial charge in [0.25, 0.3) is 0 Å². The highest BCUT2D eigenvalue weighted by molar-refractivity contribution is 5.61.